The van der Waals surface area contributed by atoms with Crippen molar-refractivity contribution in [2.24, 2.45) is 17.8 Å². The number of hydrogen-bond donors (Lipinski definition) is 0. The first-order valence-corrected chi connectivity index (χ1v) is 14.8. The Balaban J connectivity index is 0.00000800. The third kappa shape index (κ3) is 11.4. The van der Waals surface area contributed by atoms with Crippen molar-refractivity contribution in [2.45, 2.75) is 60.8 Å². The quantitative estimate of drug-likeness (QED) is 0.196. The number of hydrogen-bond acceptors (Lipinski definition) is 7. The predicted molar refractivity (Wildman–Crippen MR) is 161 cm³/mol. The fraction of sp³-hybridized carbons (Fsp3) is 0.581. The number of carbonyl (C=O) groups is 1. The summed E-state index contributed by atoms with van der Waals surface area (Å²) in [4.78, 5) is 13.8. The number of benzene rings is 2. The average Bonchev–Trinajstić information content (AvgIpc) is 2.88. The Morgan fingerprint density at radius 1 is 0.650 bits per heavy atom. The number of carbonyl (C=O) groups excluding carboxylic acids is 1. The van der Waals surface area contributed by atoms with E-state index < -0.39 is 0 Å². The van der Waals surface area contributed by atoms with E-state index in [1.54, 1.807) is 19.2 Å². The first kappa shape index (κ1) is 36.0. The Labute approximate surface area is 256 Å². The minimum atomic E-state index is -0.289. The second kappa shape index (κ2) is 18.4. The molecule has 2 aromatic carbocycles. The van der Waals surface area contributed by atoms with Gasteiger partial charge in [0.05, 0.1) is 46.5 Å². The summed E-state index contributed by atoms with van der Waals surface area (Å²) in [5.74, 6) is 4.71. The van der Waals surface area contributed by atoms with Gasteiger partial charge in [0, 0.05) is 24.3 Å². The molecule has 220 valence electrons. The van der Waals surface area contributed by atoms with Crippen LogP contribution >= 0.6 is 8.58 Å². The van der Waals surface area contributed by atoms with Crippen LogP contribution in [0.5, 0.6) is 34.5 Å². The van der Waals surface area contributed by atoms with Gasteiger partial charge in [-0.2, -0.15) is 0 Å². The van der Waals surface area contributed by atoms with Gasteiger partial charge in [-0.25, -0.2) is 0 Å². The van der Waals surface area contributed by atoms with Crippen LogP contribution in [0.3, 0.4) is 0 Å². The monoisotopic (exact) mass is 570 g/mol. The Morgan fingerprint density at radius 2 is 1.05 bits per heavy atom. The number of ether oxygens (including phenoxy) is 6. The summed E-state index contributed by atoms with van der Waals surface area (Å²) in [5.41, 5.74) is 0.208. The molecule has 0 heterocycles. The van der Waals surface area contributed by atoms with Gasteiger partial charge in [-0.1, -0.05) is 41.5 Å². The zero-order valence-corrected chi connectivity index (χ0v) is 27.1. The van der Waals surface area contributed by atoms with Crippen LogP contribution in [-0.4, -0.2) is 46.7 Å². The van der Waals surface area contributed by atoms with Gasteiger partial charge in [0.25, 0.3) is 0 Å². The normalized spacial score (nSPS) is 11.2. The van der Waals surface area contributed by atoms with E-state index in [-0.39, 0.29) is 34.4 Å². The molecule has 0 saturated heterocycles. The molecule has 0 aliphatic carbocycles. The third-order valence-electron chi connectivity index (χ3n) is 6.09. The smallest absolute Gasteiger partial charge is 1.00 e. The molecule has 0 aliphatic heterocycles. The zero-order valence-electron chi connectivity index (χ0n) is 27.1. The van der Waals surface area contributed by atoms with Gasteiger partial charge >= 0.3 is 18.9 Å². The van der Waals surface area contributed by atoms with Crippen LogP contribution in [-0.2, 0) is 0 Å². The summed E-state index contributed by atoms with van der Waals surface area (Å²) in [5, 5.41) is 0.712. The SMILES string of the molecule is COc1cc(OC)c(C(=O)Pc2c(OCCC(C)C)cc(OCCC(C)C)cc2OCCC(C)C)c(OC)c1.[H-].[Li+]. The maximum absolute atomic E-state index is 13.8. The molecule has 2 aromatic rings. The molecule has 0 aromatic heterocycles. The van der Waals surface area contributed by atoms with Crippen LogP contribution in [0.4, 0.5) is 0 Å². The molecule has 2 rings (SSSR count). The van der Waals surface area contributed by atoms with Gasteiger partial charge in [-0.3, -0.25) is 4.79 Å². The van der Waals surface area contributed by atoms with Gasteiger partial charge in [-0.15, -0.1) is 0 Å². The zero-order chi connectivity index (χ0) is 28.9. The molecule has 7 nitrogen and oxygen atoms in total. The standard InChI is InChI=1S/C31H47O7P.Li.H/c1-20(2)10-13-36-24-18-27(37-14-11-21(3)4)30(28(19-24)38-15-12-22(5)6)39-31(32)29-25(34-8)16-23(33-7)17-26(29)35-9;;/h16-22,39H,10-15H2,1-9H3;;/q;+1;-1. The maximum atomic E-state index is 13.8. The van der Waals surface area contributed by atoms with Gasteiger partial charge < -0.3 is 29.8 Å². The molecular formula is C31H48LiO7P. The fourth-order valence-electron chi connectivity index (χ4n) is 3.63. The molecule has 0 bridgehead atoms. The maximum Gasteiger partial charge on any atom is 1.00 e. The molecular weight excluding hydrogens is 522 g/mol. The molecule has 0 saturated carbocycles. The minimum absolute atomic E-state index is 0. The van der Waals surface area contributed by atoms with Crippen LogP contribution in [0.15, 0.2) is 24.3 Å². The van der Waals surface area contributed by atoms with E-state index in [1.807, 2.05) is 12.1 Å². The molecule has 0 aliphatic rings. The Kier molecular flexibility index (Phi) is 16.5. The van der Waals surface area contributed by atoms with Crippen LogP contribution < -0.4 is 52.6 Å². The van der Waals surface area contributed by atoms with Crippen molar-refractivity contribution in [3.05, 3.63) is 29.8 Å². The predicted octanol–water partition coefficient (Wildman–Crippen LogP) is 4.25. The molecule has 40 heavy (non-hydrogen) atoms. The van der Waals surface area contributed by atoms with Gasteiger partial charge in [0.15, 0.2) is 5.52 Å². The van der Waals surface area contributed by atoms with Crippen LogP contribution in [0.1, 0.15) is 72.6 Å². The summed E-state index contributed by atoms with van der Waals surface area (Å²) >= 11 is 0. The summed E-state index contributed by atoms with van der Waals surface area (Å²) in [7, 11) is 4.32. The van der Waals surface area contributed by atoms with E-state index in [0.29, 0.717) is 82.9 Å². The Hall–Kier alpha value is -2.06. The van der Waals surface area contributed by atoms with Crippen molar-refractivity contribution in [3.63, 3.8) is 0 Å². The molecule has 0 spiro atoms. The Morgan fingerprint density at radius 3 is 1.43 bits per heavy atom. The van der Waals surface area contributed by atoms with E-state index in [2.05, 4.69) is 41.5 Å². The molecule has 0 N–H and O–H groups in total. The third-order valence-corrected chi connectivity index (χ3v) is 7.31. The van der Waals surface area contributed by atoms with Crippen molar-refractivity contribution in [1.82, 2.24) is 0 Å². The van der Waals surface area contributed by atoms with Gasteiger partial charge in [-0.05, 0) is 45.6 Å². The van der Waals surface area contributed by atoms with Crippen molar-refractivity contribution in [1.29, 1.82) is 0 Å². The second-order valence-corrected chi connectivity index (χ2v) is 12.0. The topological polar surface area (TPSA) is 72.5 Å². The van der Waals surface area contributed by atoms with Crippen molar-refractivity contribution < 1.29 is 53.5 Å². The number of methoxy groups -OCH3 is 3. The average molecular weight is 571 g/mol. The summed E-state index contributed by atoms with van der Waals surface area (Å²) in [6.07, 6.45) is 2.71. The van der Waals surface area contributed by atoms with Crippen LogP contribution in [0, 0.1) is 17.8 Å². The largest absolute Gasteiger partial charge is 1.00 e. The van der Waals surface area contributed by atoms with Crippen LogP contribution in [0.2, 0.25) is 0 Å². The minimum Gasteiger partial charge on any atom is -1.00 e. The van der Waals surface area contributed by atoms with E-state index in [9.17, 15) is 4.79 Å². The summed E-state index contributed by atoms with van der Waals surface area (Å²) in [6, 6.07) is 7.14. The first-order valence-electron chi connectivity index (χ1n) is 13.8. The molecule has 9 heteroatoms. The van der Waals surface area contributed by atoms with Crippen molar-refractivity contribution in [3.8, 4) is 34.5 Å². The summed E-state index contributed by atoms with van der Waals surface area (Å²) in [6.45, 7) is 14.6. The van der Waals surface area contributed by atoms with E-state index in [0.717, 1.165) is 19.3 Å². The van der Waals surface area contributed by atoms with Crippen molar-refractivity contribution >= 4 is 19.4 Å². The Bertz CT molecular complexity index is 1000. The van der Waals surface area contributed by atoms with Crippen molar-refractivity contribution in [2.75, 3.05) is 41.2 Å². The van der Waals surface area contributed by atoms with E-state index in [1.165, 1.54) is 14.2 Å². The molecule has 0 amide bonds. The second-order valence-electron chi connectivity index (χ2n) is 10.7. The van der Waals surface area contributed by atoms with Crippen LogP contribution in [0.25, 0.3) is 0 Å². The molecule has 0 fully saturated rings. The van der Waals surface area contributed by atoms with Gasteiger partial charge in [0.1, 0.15) is 40.1 Å². The fourth-order valence-corrected chi connectivity index (χ4v) is 4.76. The first-order chi connectivity index (χ1) is 18.6. The van der Waals surface area contributed by atoms with Gasteiger partial charge in [0.2, 0.25) is 0 Å². The summed E-state index contributed by atoms with van der Waals surface area (Å²) < 4.78 is 35.1. The van der Waals surface area contributed by atoms with E-state index in [4.69, 9.17) is 28.4 Å². The number of rotatable bonds is 18. The molecule has 1 unspecified atom stereocenters. The molecule has 0 radical (unpaired) electrons. The molecule has 1 atom stereocenters. The van der Waals surface area contributed by atoms with E-state index >= 15 is 0 Å².